The summed E-state index contributed by atoms with van der Waals surface area (Å²) in [5.74, 6) is 3.99. The molecule has 0 saturated carbocycles. The molecule has 0 aromatic rings. The van der Waals surface area contributed by atoms with Gasteiger partial charge in [-0.1, -0.05) is 0 Å². The molecule has 1 aliphatic heterocycles. The van der Waals surface area contributed by atoms with E-state index in [0.29, 0.717) is 5.92 Å². The van der Waals surface area contributed by atoms with Crippen molar-refractivity contribution in [2.24, 2.45) is 17.4 Å². The van der Waals surface area contributed by atoms with Gasteiger partial charge < -0.3 is 16.4 Å². The van der Waals surface area contributed by atoms with Crippen molar-refractivity contribution in [2.75, 3.05) is 13.1 Å². The van der Waals surface area contributed by atoms with E-state index in [0.717, 1.165) is 37.4 Å². The molecule has 1 heterocycles. The summed E-state index contributed by atoms with van der Waals surface area (Å²) >= 11 is 0. The van der Waals surface area contributed by atoms with E-state index in [1.165, 1.54) is 0 Å². The van der Waals surface area contributed by atoms with Gasteiger partial charge in [0.15, 0.2) is 0 Å². The third kappa shape index (κ3) is 3.59. The molecular formula is C12H19N3. The first-order valence-electron chi connectivity index (χ1n) is 5.24. The Morgan fingerprint density at radius 2 is 1.93 bits per heavy atom. The fourth-order valence-corrected chi connectivity index (χ4v) is 1.63. The van der Waals surface area contributed by atoms with Gasteiger partial charge in [0, 0.05) is 24.7 Å². The lowest BCUT2D eigenvalue weighted by atomic mass is 9.98. The predicted molar refractivity (Wildman–Crippen MR) is 63.3 cm³/mol. The van der Waals surface area contributed by atoms with Crippen molar-refractivity contribution in [1.82, 2.24) is 4.90 Å². The van der Waals surface area contributed by atoms with Gasteiger partial charge in [-0.15, -0.1) is 12.3 Å². The summed E-state index contributed by atoms with van der Waals surface area (Å²) in [4.78, 5) is 2.15. The van der Waals surface area contributed by atoms with E-state index in [-0.39, 0.29) is 0 Å². The maximum absolute atomic E-state index is 5.92. The highest BCUT2D eigenvalue weighted by Gasteiger charge is 2.17. The maximum Gasteiger partial charge on any atom is 0.0987 e. The SMILES string of the molecule is C#CC1CCN(/C(N)=C/C=C(/C)N)CC1. The topological polar surface area (TPSA) is 55.3 Å². The normalized spacial score (nSPS) is 20.1. The van der Waals surface area contributed by atoms with E-state index in [1.54, 1.807) is 0 Å². The Balaban J connectivity index is 2.50. The molecule has 1 rings (SSSR count). The lowest BCUT2D eigenvalue weighted by Crippen LogP contribution is -2.35. The quantitative estimate of drug-likeness (QED) is 0.522. The van der Waals surface area contributed by atoms with Gasteiger partial charge in [-0.25, -0.2) is 0 Å². The second-order valence-corrected chi connectivity index (χ2v) is 3.93. The molecule has 1 fully saturated rings. The summed E-state index contributed by atoms with van der Waals surface area (Å²) in [5, 5.41) is 0. The summed E-state index contributed by atoms with van der Waals surface area (Å²) in [5.41, 5.74) is 12.2. The van der Waals surface area contributed by atoms with Gasteiger partial charge in [0.2, 0.25) is 0 Å². The van der Waals surface area contributed by atoms with Crippen LogP contribution in [0.2, 0.25) is 0 Å². The first-order chi connectivity index (χ1) is 7.13. The Bertz CT molecular complexity index is 297. The molecule has 0 radical (unpaired) electrons. The molecule has 0 atom stereocenters. The van der Waals surface area contributed by atoms with Crippen molar-refractivity contribution in [3.63, 3.8) is 0 Å². The van der Waals surface area contributed by atoms with E-state index in [9.17, 15) is 0 Å². The monoisotopic (exact) mass is 205 g/mol. The Hall–Kier alpha value is -1.56. The number of nitrogens with two attached hydrogens (primary N) is 2. The van der Waals surface area contributed by atoms with E-state index < -0.39 is 0 Å². The Morgan fingerprint density at radius 1 is 1.33 bits per heavy atom. The summed E-state index contributed by atoms with van der Waals surface area (Å²) in [6, 6.07) is 0. The molecule has 3 nitrogen and oxygen atoms in total. The van der Waals surface area contributed by atoms with E-state index in [2.05, 4.69) is 10.8 Å². The largest absolute Gasteiger partial charge is 0.402 e. The van der Waals surface area contributed by atoms with E-state index >= 15 is 0 Å². The standard InChI is InChI=1S/C12H19N3/c1-3-11-6-8-15(9-7-11)12(14)5-4-10(2)13/h1,4-5,11H,6-9,13-14H2,2H3/b10-4-,12-5+. The number of piperidine rings is 1. The van der Waals surface area contributed by atoms with Crippen LogP contribution in [0.25, 0.3) is 0 Å². The molecule has 1 aliphatic rings. The molecule has 0 spiro atoms. The molecule has 1 saturated heterocycles. The number of nitrogens with zero attached hydrogens (tertiary/aromatic N) is 1. The van der Waals surface area contributed by atoms with Crippen molar-refractivity contribution >= 4 is 0 Å². The zero-order valence-electron chi connectivity index (χ0n) is 9.24. The Labute approximate surface area is 91.8 Å². The second kappa shape index (κ2) is 5.35. The molecule has 0 bridgehead atoms. The third-order valence-corrected chi connectivity index (χ3v) is 2.61. The van der Waals surface area contributed by atoms with Crippen LogP contribution >= 0.6 is 0 Å². The van der Waals surface area contributed by atoms with Crippen molar-refractivity contribution in [3.8, 4) is 12.3 Å². The lowest BCUT2D eigenvalue weighted by molar-refractivity contribution is 0.254. The van der Waals surface area contributed by atoms with Gasteiger partial charge in [0.05, 0.1) is 5.82 Å². The maximum atomic E-state index is 5.92. The van der Waals surface area contributed by atoms with Gasteiger partial charge in [-0.2, -0.15) is 0 Å². The number of terminal acetylenes is 1. The number of rotatable bonds is 2. The van der Waals surface area contributed by atoms with Crippen LogP contribution in [0.5, 0.6) is 0 Å². The molecule has 0 unspecified atom stereocenters. The predicted octanol–water partition coefficient (Wildman–Crippen LogP) is 0.994. The third-order valence-electron chi connectivity index (χ3n) is 2.61. The van der Waals surface area contributed by atoms with E-state index in [4.69, 9.17) is 17.9 Å². The number of likely N-dealkylation sites (tertiary alicyclic amines) is 1. The van der Waals surface area contributed by atoms with Crippen LogP contribution in [0.15, 0.2) is 23.7 Å². The van der Waals surface area contributed by atoms with Crippen LogP contribution in [0, 0.1) is 18.3 Å². The number of allylic oxidation sites excluding steroid dienone is 3. The molecule has 0 aliphatic carbocycles. The fourth-order valence-electron chi connectivity index (χ4n) is 1.63. The van der Waals surface area contributed by atoms with E-state index in [1.807, 2.05) is 19.1 Å². The van der Waals surface area contributed by atoms with Crippen LogP contribution in [0.4, 0.5) is 0 Å². The van der Waals surface area contributed by atoms with Crippen LogP contribution in [-0.2, 0) is 0 Å². The van der Waals surface area contributed by atoms with Crippen LogP contribution in [-0.4, -0.2) is 18.0 Å². The Morgan fingerprint density at radius 3 is 2.40 bits per heavy atom. The zero-order valence-corrected chi connectivity index (χ0v) is 9.24. The van der Waals surface area contributed by atoms with Crippen molar-refractivity contribution in [1.29, 1.82) is 0 Å². The minimum Gasteiger partial charge on any atom is -0.402 e. The highest BCUT2D eigenvalue weighted by Crippen LogP contribution is 2.17. The first kappa shape index (κ1) is 11.5. The van der Waals surface area contributed by atoms with Gasteiger partial charge in [-0.3, -0.25) is 0 Å². The zero-order chi connectivity index (χ0) is 11.3. The molecule has 3 heteroatoms. The van der Waals surface area contributed by atoms with Crippen LogP contribution in [0.1, 0.15) is 19.8 Å². The minimum atomic E-state index is 0.417. The van der Waals surface area contributed by atoms with Crippen LogP contribution < -0.4 is 11.5 Å². The van der Waals surface area contributed by atoms with Crippen molar-refractivity contribution in [2.45, 2.75) is 19.8 Å². The summed E-state index contributed by atoms with van der Waals surface area (Å²) in [6.07, 6.45) is 11.1. The van der Waals surface area contributed by atoms with Crippen molar-refractivity contribution in [3.05, 3.63) is 23.7 Å². The molecule has 0 aromatic heterocycles. The average Bonchev–Trinajstić information content (AvgIpc) is 2.26. The molecule has 0 amide bonds. The molecule has 0 aromatic carbocycles. The average molecular weight is 205 g/mol. The van der Waals surface area contributed by atoms with Gasteiger partial charge in [0.1, 0.15) is 0 Å². The lowest BCUT2D eigenvalue weighted by Gasteiger charge is -2.31. The van der Waals surface area contributed by atoms with Crippen LogP contribution in [0.3, 0.4) is 0 Å². The smallest absolute Gasteiger partial charge is 0.0987 e. The highest BCUT2D eigenvalue weighted by atomic mass is 15.2. The minimum absolute atomic E-state index is 0.417. The molecular weight excluding hydrogens is 186 g/mol. The second-order valence-electron chi connectivity index (χ2n) is 3.93. The molecule has 82 valence electrons. The number of hydrogen-bond donors (Lipinski definition) is 2. The van der Waals surface area contributed by atoms with Gasteiger partial charge in [-0.05, 0) is 31.9 Å². The van der Waals surface area contributed by atoms with Crippen molar-refractivity contribution < 1.29 is 0 Å². The fraction of sp³-hybridized carbons (Fsp3) is 0.500. The summed E-state index contributed by atoms with van der Waals surface area (Å²) in [6.45, 7) is 3.72. The Kier molecular flexibility index (Phi) is 4.11. The van der Waals surface area contributed by atoms with Gasteiger partial charge in [0.25, 0.3) is 0 Å². The summed E-state index contributed by atoms with van der Waals surface area (Å²) in [7, 11) is 0. The summed E-state index contributed by atoms with van der Waals surface area (Å²) < 4.78 is 0. The first-order valence-corrected chi connectivity index (χ1v) is 5.24. The molecule has 15 heavy (non-hydrogen) atoms. The molecule has 4 N–H and O–H groups in total. The number of hydrogen-bond acceptors (Lipinski definition) is 3. The van der Waals surface area contributed by atoms with Gasteiger partial charge >= 0.3 is 0 Å². The highest BCUT2D eigenvalue weighted by molar-refractivity contribution is 5.13.